The number of aliphatic carboxylic acids is 1. The van der Waals surface area contributed by atoms with Gasteiger partial charge in [0.2, 0.25) is 5.78 Å². The molecule has 0 spiro atoms. The molecular weight excluding hydrogens is 294 g/mol. The molecule has 0 N–H and O–H groups in total. The number of para-hydroxylation sites is 1. The molecule has 1 amide bonds. The molecule has 0 saturated carbocycles. The molecule has 2 aromatic carbocycles. The lowest BCUT2D eigenvalue weighted by molar-refractivity contribution is -0.306. The number of hydrogen-bond donors (Lipinski definition) is 0. The third-order valence-electron chi connectivity index (χ3n) is 3.99. The molecule has 116 valence electrons. The van der Waals surface area contributed by atoms with Crippen molar-refractivity contribution in [1.29, 1.82) is 0 Å². The maximum atomic E-state index is 12.4. The van der Waals surface area contributed by atoms with E-state index in [-0.39, 0.29) is 0 Å². The normalized spacial score (nSPS) is 20.8. The largest absolute Gasteiger partial charge is 0.550 e. The molecule has 1 heterocycles. The van der Waals surface area contributed by atoms with Crippen LogP contribution in [0.2, 0.25) is 0 Å². The molecule has 1 aliphatic heterocycles. The number of carboxylic acids is 1. The smallest absolute Gasteiger partial charge is 0.295 e. The molecule has 5 heteroatoms. The van der Waals surface area contributed by atoms with Gasteiger partial charge in [0, 0.05) is 11.7 Å². The third-order valence-corrected chi connectivity index (χ3v) is 3.99. The summed E-state index contributed by atoms with van der Waals surface area (Å²) in [7, 11) is 0. The van der Waals surface area contributed by atoms with Crippen molar-refractivity contribution < 1.29 is 19.5 Å². The van der Waals surface area contributed by atoms with Crippen molar-refractivity contribution in [2.24, 2.45) is 5.92 Å². The summed E-state index contributed by atoms with van der Waals surface area (Å²) in [5.41, 5.74) is 1.29. The minimum atomic E-state index is -1.34. The lowest BCUT2D eigenvalue weighted by Gasteiger charge is -2.27. The van der Waals surface area contributed by atoms with Gasteiger partial charge in [0.1, 0.15) is 0 Å². The first kappa shape index (κ1) is 15.0. The van der Waals surface area contributed by atoms with Crippen LogP contribution in [0.1, 0.15) is 18.0 Å². The number of hydrogen-bond acceptors (Lipinski definition) is 4. The van der Waals surface area contributed by atoms with Crippen LogP contribution in [-0.4, -0.2) is 17.7 Å². The van der Waals surface area contributed by atoms with Crippen LogP contribution >= 0.6 is 0 Å². The van der Waals surface area contributed by atoms with Crippen LogP contribution in [0.3, 0.4) is 0 Å². The summed E-state index contributed by atoms with van der Waals surface area (Å²) in [4.78, 5) is 37.2. The van der Waals surface area contributed by atoms with E-state index in [1.54, 1.807) is 48.5 Å². The summed E-state index contributed by atoms with van der Waals surface area (Å²) in [6.45, 7) is 0. The van der Waals surface area contributed by atoms with Gasteiger partial charge in [-0.05, 0) is 24.1 Å². The third kappa shape index (κ3) is 2.73. The van der Waals surface area contributed by atoms with E-state index < -0.39 is 36.0 Å². The summed E-state index contributed by atoms with van der Waals surface area (Å²) in [6, 6.07) is 17.1. The number of Topliss-reactive ketones (excluding diaryl/α,β-unsaturated/α-hetero) is 1. The van der Waals surface area contributed by atoms with Crippen LogP contribution in [0.15, 0.2) is 60.7 Å². The predicted molar refractivity (Wildman–Crippen MR) is 81.2 cm³/mol. The first-order valence-electron chi connectivity index (χ1n) is 7.27. The number of ketones is 1. The Balaban J connectivity index is 2.11. The van der Waals surface area contributed by atoms with Gasteiger partial charge in [0.05, 0.1) is 12.0 Å². The topological polar surface area (TPSA) is 77.5 Å². The highest BCUT2D eigenvalue weighted by Gasteiger charge is 2.48. The van der Waals surface area contributed by atoms with E-state index in [2.05, 4.69) is 0 Å². The fourth-order valence-corrected chi connectivity index (χ4v) is 3.01. The van der Waals surface area contributed by atoms with E-state index >= 15 is 0 Å². The Hall–Kier alpha value is -2.95. The summed E-state index contributed by atoms with van der Waals surface area (Å²) in [5, 5.41) is 11.0. The molecule has 1 saturated heterocycles. The average molecular weight is 308 g/mol. The molecule has 1 aliphatic rings. The Kier molecular flexibility index (Phi) is 3.93. The Morgan fingerprint density at radius 1 is 0.957 bits per heavy atom. The summed E-state index contributed by atoms with van der Waals surface area (Å²) in [6.07, 6.45) is -0.479. The molecule has 0 aliphatic carbocycles. The summed E-state index contributed by atoms with van der Waals surface area (Å²) in [5.74, 6) is -3.66. The van der Waals surface area contributed by atoms with E-state index in [4.69, 9.17) is 0 Å². The number of carbonyl (C=O) groups is 3. The van der Waals surface area contributed by atoms with E-state index in [1.807, 2.05) is 12.1 Å². The highest BCUT2D eigenvalue weighted by molar-refractivity contribution is 6.45. The molecule has 5 nitrogen and oxygen atoms in total. The van der Waals surface area contributed by atoms with Crippen LogP contribution < -0.4 is 10.0 Å². The average Bonchev–Trinajstić information content (AvgIpc) is 2.81. The molecule has 3 rings (SSSR count). The number of benzene rings is 2. The van der Waals surface area contributed by atoms with Gasteiger partial charge in [-0.1, -0.05) is 48.5 Å². The molecule has 23 heavy (non-hydrogen) atoms. The summed E-state index contributed by atoms with van der Waals surface area (Å²) >= 11 is 0. The van der Waals surface area contributed by atoms with Gasteiger partial charge in [-0.3, -0.25) is 14.5 Å². The van der Waals surface area contributed by atoms with Gasteiger partial charge in [-0.25, -0.2) is 0 Å². The molecular formula is C18H14NO4-. The molecule has 1 fully saturated rings. The molecule has 0 bridgehead atoms. The van der Waals surface area contributed by atoms with Gasteiger partial charge in [-0.2, -0.15) is 0 Å². The van der Waals surface area contributed by atoms with Crippen molar-refractivity contribution in [3.8, 4) is 0 Å². The van der Waals surface area contributed by atoms with Crippen molar-refractivity contribution in [3.63, 3.8) is 0 Å². The second kappa shape index (κ2) is 6.04. The first-order valence-corrected chi connectivity index (χ1v) is 7.27. The van der Waals surface area contributed by atoms with Crippen LogP contribution in [0.5, 0.6) is 0 Å². The van der Waals surface area contributed by atoms with Crippen molar-refractivity contribution in [3.05, 3.63) is 66.2 Å². The Bertz CT molecular complexity index is 742. The van der Waals surface area contributed by atoms with Crippen molar-refractivity contribution >= 4 is 23.3 Å². The van der Waals surface area contributed by atoms with Crippen LogP contribution in [0, 0.1) is 5.92 Å². The van der Waals surface area contributed by atoms with Gasteiger partial charge < -0.3 is 9.90 Å². The van der Waals surface area contributed by atoms with E-state index in [0.29, 0.717) is 5.69 Å². The zero-order valence-electron chi connectivity index (χ0n) is 12.2. The number of nitrogens with zero attached hydrogens (tertiary/aromatic N) is 1. The molecule has 0 unspecified atom stereocenters. The second-order valence-electron chi connectivity index (χ2n) is 5.41. The minimum Gasteiger partial charge on any atom is -0.550 e. The maximum absolute atomic E-state index is 12.4. The van der Waals surface area contributed by atoms with Crippen LogP contribution in [0.4, 0.5) is 5.69 Å². The lowest BCUT2D eigenvalue weighted by atomic mass is 9.90. The molecule has 0 aromatic heterocycles. The van der Waals surface area contributed by atoms with Crippen molar-refractivity contribution in [2.75, 3.05) is 4.90 Å². The monoisotopic (exact) mass is 308 g/mol. The molecule has 2 atom stereocenters. The first-order chi connectivity index (χ1) is 11.1. The lowest BCUT2D eigenvalue weighted by Crippen LogP contribution is -2.31. The fourth-order valence-electron chi connectivity index (χ4n) is 3.01. The van der Waals surface area contributed by atoms with Gasteiger partial charge >= 0.3 is 0 Å². The fraction of sp³-hybridized carbons (Fsp3) is 0.167. The predicted octanol–water partition coefficient (Wildman–Crippen LogP) is 1.10. The zero-order chi connectivity index (χ0) is 16.4. The Morgan fingerprint density at radius 2 is 1.52 bits per heavy atom. The quantitative estimate of drug-likeness (QED) is 0.792. The number of carboxylic acid groups (broad SMARTS) is 1. The van der Waals surface area contributed by atoms with Crippen LogP contribution in [-0.2, 0) is 14.4 Å². The Morgan fingerprint density at radius 3 is 2.09 bits per heavy atom. The van der Waals surface area contributed by atoms with Gasteiger partial charge in [-0.15, -0.1) is 0 Å². The second-order valence-corrected chi connectivity index (χ2v) is 5.41. The maximum Gasteiger partial charge on any atom is 0.295 e. The number of rotatable bonds is 4. The van der Waals surface area contributed by atoms with Crippen LogP contribution in [0.25, 0.3) is 0 Å². The minimum absolute atomic E-state index is 0.479. The number of carbonyl (C=O) groups excluding carboxylic acids is 3. The zero-order valence-corrected chi connectivity index (χ0v) is 12.2. The number of amides is 1. The van der Waals surface area contributed by atoms with Crippen molar-refractivity contribution in [2.45, 2.75) is 12.5 Å². The van der Waals surface area contributed by atoms with Crippen molar-refractivity contribution in [1.82, 2.24) is 0 Å². The highest BCUT2D eigenvalue weighted by Crippen LogP contribution is 2.40. The van der Waals surface area contributed by atoms with E-state index in [0.717, 1.165) is 5.56 Å². The van der Waals surface area contributed by atoms with Gasteiger partial charge in [0.15, 0.2) is 0 Å². The van der Waals surface area contributed by atoms with E-state index in [1.165, 1.54) is 4.90 Å². The highest BCUT2D eigenvalue weighted by atomic mass is 16.4. The van der Waals surface area contributed by atoms with Gasteiger partial charge in [0.25, 0.3) is 5.91 Å². The number of anilines is 1. The standard InChI is InChI=1S/C18H15NO4/c20-15(21)11-14-16(12-7-3-1-4-8-12)19(18(23)17(14)22)13-9-5-2-6-10-13/h1-10,14,16H,11H2,(H,20,21)/p-1/t14-,16+/m0/s1. The van der Waals surface area contributed by atoms with E-state index in [9.17, 15) is 19.5 Å². The molecule has 2 aromatic rings. The Labute approximate surface area is 133 Å². The summed E-state index contributed by atoms with van der Waals surface area (Å²) < 4.78 is 0. The molecule has 0 radical (unpaired) electrons. The SMILES string of the molecule is O=C([O-])C[C@@H]1C(=O)C(=O)N(c2ccccc2)[C@@H]1c1ccccc1.